The molecule has 0 bridgehead atoms. The fourth-order valence-electron chi connectivity index (χ4n) is 2.56. The van der Waals surface area contributed by atoms with Gasteiger partial charge < -0.3 is 10.4 Å². The third-order valence-electron chi connectivity index (χ3n) is 3.90. The molecule has 2 atom stereocenters. The molecule has 5 nitrogen and oxygen atoms in total. The summed E-state index contributed by atoms with van der Waals surface area (Å²) in [7, 11) is 0. The van der Waals surface area contributed by atoms with Crippen LogP contribution in [0.1, 0.15) is 17.8 Å². The molecule has 0 radical (unpaired) electrons. The third kappa shape index (κ3) is 2.90. The van der Waals surface area contributed by atoms with E-state index in [4.69, 9.17) is 5.11 Å². The minimum absolute atomic E-state index is 0.144. The first kappa shape index (κ1) is 14.0. The lowest BCUT2D eigenvalue weighted by Crippen LogP contribution is -2.44. The lowest BCUT2D eigenvalue weighted by molar-refractivity contribution is -0.152. The van der Waals surface area contributed by atoms with Gasteiger partial charge in [-0.1, -0.05) is 12.1 Å². The minimum atomic E-state index is -0.868. The number of aromatic nitrogens is 1. The van der Waals surface area contributed by atoms with E-state index in [1.165, 1.54) is 0 Å². The Morgan fingerprint density at radius 1 is 1.29 bits per heavy atom. The van der Waals surface area contributed by atoms with Crippen LogP contribution in [0.3, 0.4) is 0 Å². The molecule has 0 aliphatic heterocycles. The zero-order chi connectivity index (χ0) is 14.8. The first-order valence-electron chi connectivity index (χ1n) is 7.00. The predicted octanol–water partition coefficient (Wildman–Crippen LogP) is 2.07. The van der Waals surface area contributed by atoms with Gasteiger partial charge in [-0.15, -0.1) is 11.3 Å². The highest BCUT2D eigenvalue weighted by Gasteiger charge is 2.41. The Labute approximate surface area is 126 Å². The monoisotopic (exact) mass is 304 g/mol. The second-order valence-corrected chi connectivity index (χ2v) is 6.36. The number of carbonyl (C=O) groups excluding carboxylic acids is 1. The van der Waals surface area contributed by atoms with Crippen LogP contribution < -0.4 is 5.32 Å². The van der Waals surface area contributed by atoms with Crippen LogP contribution in [0.25, 0.3) is 10.2 Å². The Bertz CT molecular complexity index is 649. The largest absolute Gasteiger partial charge is 0.481 e. The Morgan fingerprint density at radius 2 is 2.05 bits per heavy atom. The van der Waals surface area contributed by atoms with E-state index in [1.807, 2.05) is 24.3 Å². The van der Waals surface area contributed by atoms with E-state index in [-0.39, 0.29) is 11.8 Å². The molecule has 2 N–H and O–H groups in total. The van der Waals surface area contributed by atoms with E-state index in [2.05, 4.69) is 10.3 Å². The zero-order valence-corrected chi connectivity index (χ0v) is 12.2. The summed E-state index contributed by atoms with van der Waals surface area (Å²) in [5, 5.41) is 12.8. The first-order valence-corrected chi connectivity index (χ1v) is 7.82. The molecular weight excluding hydrogens is 288 g/mol. The number of fused-ring (bicyclic) bond motifs is 1. The summed E-state index contributed by atoms with van der Waals surface area (Å²) >= 11 is 1.63. The number of rotatable bonds is 5. The molecule has 0 spiro atoms. The molecule has 1 heterocycles. The van der Waals surface area contributed by atoms with Crippen LogP contribution in [0, 0.1) is 11.8 Å². The Hall–Kier alpha value is -1.95. The summed E-state index contributed by atoms with van der Waals surface area (Å²) < 4.78 is 1.14. The van der Waals surface area contributed by atoms with Gasteiger partial charge in [-0.05, 0) is 25.0 Å². The van der Waals surface area contributed by atoms with E-state index < -0.39 is 11.9 Å². The topological polar surface area (TPSA) is 79.3 Å². The summed E-state index contributed by atoms with van der Waals surface area (Å²) in [4.78, 5) is 27.3. The highest BCUT2D eigenvalue weighted by atomic mass is 32.1. The van der Waals surface area contributed by atoms with Gasteiger partial charge in [0.1, 0.15) is 0 Å². The maximum atomic E-state index is 11.9. The molecule has 110 valence electrons. The number of hydrogen-bond acceptors (Lipinski definition) is 4. The maximum absolute atomic E-state index is 11.9. The second-order valence-electron chi connectivity index (χ2n) is 5.24. The molecule has 6 heteroatoms. The first-order chi connectivity index (χ1) is 10.1. The Balaban J connectivity index is 1.52. The molecule has 1 aliphatic rings. The predicted molar refractivity (Wildman–Crippen MR) is 80.2 cm³/mol. The SMILES string of the molecule is O=C(O)C1CCC1C(=O)NCCc1nc2ccccc2s1. The molecule has 2 aromatic rings. The van der Waals surface area contributed by atoms with Crippen LogP contribution in [0.4, 0.5) is 0 Å². The third-order valence-corrected chi connectivity index (χ3v) is 5.00. The Morgan fingerprint density at radius 3 is 2.71 bits per heavy atom. The molecule has 1 fully saturated rings. The maximum Gasteiger partial charge on any atom is 0.307 e. The molecule has 21 heavy (non-hydrogen) atoms. The van der Waals surface area contributed by atoms with Crippen molar-refractivity contribution >= 4 is 33.4 Å². The van der Waals surface area contributed by atoms with E-state index >= 15 is 0 Å². The average Bonchev–Trinajstić information content (AvgIpc) is 2.79. The molecular formula is C15H16N2O3S. The van der Waals surface area contributed by atoms with Gasteiger partial charge >= 0.3 is 5.97 Å². The van der Waals surface area contributed by atoms with Crippen molar-refractivity contribution in [1.29, 1.82) is 0 Å². The fraction of sp³-hybridized carbons (Fsp3) is 0.400. The van der Waals surface area contributed by atoms with Crippen LogP contribution in [-0.2, 0) is 16.0 Å². The molecule has 1 aromatic heterocycles. The van der Waals surface area contributed by atoms with Gasteiger partial charge in [0.25, 0.3) is 0 Å². The number of aliphatic carboxylic acids is 1. The highest BCUT2D eigenvalue weighted by molar-refractivity contribution is 7.18. The van der Waals surface area contributed by atoms with Crippen molar-refractivity contribution in [2.45, 2.75) is 19.3 Å². The van der Waals surface area contributed by atoms with Gasteiger partial charge in [0.15, 0.2) is 0 Å². The van der Waals surface area contributed by atoms with Gasteiger partial charge in [-0.2, -0.15) is 0 Å². The number of thiazole rings is 1. The molecule has 1 aliphatic carbocycles. The number of hydrogen-bond donors (Lipinski definition) is 2. The van der Waals surface area contributed by atoms with E-state index in [0.29, 0.717) is 25.8 Å². The lowest BCUT2D eigenvalue weighted by Gasteiger charge is -2.31. The van der Waals surface area contributed by atoms with Crippen LogP contribution in [0.5, 0.6) is 0 Å². The van der Waals surface area contributed by atoms with Crippen molar-refractivity contribution in [3.63, 3.8) is 0 Å². The van der Waals surface area contributed by atoms with Crippen LogP contribution in [0.15, 0.2) is 24.3 Å². The number of carboxylic acid groups (broad SMARTS) is 1. The van der Waals surface area contributed by atoms with E-state index in [9.17, 15) is 9.59 Å². The fourth-order valence-corrected chi connectivity index (χ4v) is 3.53. The van der Waals surface area contributed by atoms with Gasteiger partial charge in [-0.3, -0.25) is 9.59 Å². The number of para-hydroxylation sites is 1. The van der Waals surface area contributed by atoms with Crippen molar-refractivity contribution in [2.24, 2.45) is 11.8 Å². The summed E-state index contributed by atoms with van der Waals surface area (Å²) in [6, 6.07) is 7.94. The molecule has 1 saturated carbocycles. The van der Waals surface area contributed by atoms with Gasteiger partial charge in [0.05, 0.1) is 27.1 Å². The molecule has 0 saturated heterocycles. The van der Waals surface area contributed by atoms with Crippen molar-refractivity contribution < 1.29 is 14.7 Å². The van der Waals surface area contributed by atoms with Gasteiger partial charge in [0, 0.05) is 13.0 Å². The standard InChI is InChI=1S/C15H16N2O3S/c18-14(9-5-6-10(9)15(19)20)16-8-7-13-17-11-3-1-2-4-12(11)21-13/h1-4,9-10H,5-8H2,(H,16,18)(H,19,20). The minimum Gasteiger partial charge on any atom is -0.481 e. The van der Waals surface area contributed by atoms with Gasteiger partial charge in [0.2, 0.25) is 5.91 Å². The summed E-state index contributed by atoms with van der Waals surface area (Å²) in [5.74, 6) is -1.88. The summed E-state index contributed by atoms with van der Waals surface area (Å²) in [6.07, 6.45) is 1.95. The average molecular weight is 304 g/mol. The Kier molecular flexibility index (Phi) is 3.88. The molecule has 3 rings (SSSR count). The second kappa shape index (κ2) is 5.81. The van der Waals surface area contributed by atoms with E-state index in [1.54, 1.807) is 11.3 Å². The van der Waals surface area contributed by atoms with Crippen molar-refractivity contribution in [1.82, 2.24) is 10.3 Å². The van der Waals surface area contributed by atoms with Gasteiger partial charge in [-0.25, -0.2) is 4.98 Å². The molecule has 1 aromatic carbocycles. The molecule has 1 amide bonds. The number of carbonyl (C=O) groups is 2. The van der Waals surface area contributed by atoms with Crippen LogP contribution in [-0.4, -0.2) is 28.5 Å². The van der Waals surface area contributed by atoms with Crippen molar-refractivity contribution in [3.05, 3.63) is 29.3 Å². The van der Waals surface area contributed by atoms with Crippen molar-refractivity contribution in [3.8, 4) is 0 Å². The normalized spacial score (nSPS) is 21.0. The lowest BCUT2D eigenvalue weighted by atomic mass is 9.73. The number of carboxylic acids is 1. The number of nitrogens with one attached hydrogen (secondary N) is 1. The number of nitrogens with zero attached hydrogens (tertiary/aromatic N) is 1. The highest BCUT2D eigenvalue weighted by Crippen LogP contribution is 2.34. The van der Waals surface area contributed by atoms with Crippen LogP contribution in [0.2, 0.25) is 0 Å². The quantitative estimate of drug-likeness (QED) is 0.886. The zero-order valence-electron chi connectivity index (χ0n) is 11.4. The smallest absolute Gasteiger partial charge is 0.307 e. The van der Waals surface area contributed by atoms with Crippen LogP contribution >= 0.6 is 11.3 Å². The summed E-state index contributed by atoms with van der Waals surface area (Å²) in [6.45, 7) is 0.501. The number of benzene rings is 1. The number of amides is 1. The van der Waals surface area contributed by atoms with E-state index in [0.717, 1.165) is 15.2 Å². The van der Waals surface area contributed by atoms with Crippen molar-refractivity contribution in [2.75, 3.05) is 6.54 Å². The molecule has 2 unspecified atom stereocenters. The summed E-state index contributed by atoms with van der Waals surface area (Å²) in [5.41, 5.74) is 0.980.